The van der Waals surface area contributed by atoms with Crippen molar-refractivity contribution in [2.24, 2.45) is 5.92 Å². The number of hydrogen-bond acceptors (Lipinski definition) is 3. The van der Waals surface area contributed by atoms with Crippen molar-refractivity contribution in [3.8, 4) is 0 Å². The Hall–Kier alpha value is -1.04. The summed E-state index contributed by atoms with van der Waals surface area (Å²) >= 11 is 0. The van der Waals surface area contributed by atoms with Gasteiger partial charge >= 0.3 is 12.1 Å². The highest BCUT2D eigenvalue weighted by Gasteiger charge is 2.47. The summed E-state index contributed by atoms with van der Waals surface area (Å²) in [4.78, 5) is 11.1. The fourth-order valence-electron chi connectivity index (χ4n) is 1.68. The Bertz CT molecular complexity index is 299. The van der Waals surface area contributed by atoms with E-state index in [-0.39, 0.29) is 18.8 Å². The average molecular weight is 252 g/mol. The van der Waals surface area contributed by atoms with Gasteiger partial charge in [0.15, 0.2) is 6.10 Å². The Morgan fingerprint density at radius 2 is 2.18 bits per heavy atom. The van der Waals surface area contributed by atoms with E-state index in [1.54, 1.807) is 0 Å². The smallest absolute Gasteiger partial charge is 0.415 e. The van der Waals surface area contributed by atoms with Gasteiger partial charge in [0.1, 0.15) is 0 Å². The number of ether oxygens (including phenoxy) is 2. The van der Waals surface area contributed by atoms with Crippen LogP contribution in [-0.2, 0) is 14.3 Å². The van der Waals surface area contributed by atoms with Crippen LogP contribution in [0.1, 0.15) is 19.8 Å². The molecule has 0 amide bonds. The maximum Gasteiger partial charge on any atom is 0.415 e. The highest BCUT2D eigenvalue weighted by atomic mass is 19.4. The molecule has 1 saturated heterocycles. The van der Waals surface area contributed by atoms with Crippen LogP contribution in [0.15, 0.2) is 12.2 Å². The van der Waals surface area contributed by atoms with Crippen molar-refractivity contribution in [1.82, 2.24) is 0 Å². The zero-order chi connectivity index (χ0) is 13.1. The molecule has 1 aliphatic rings. The number of rotatable bonds is 3. The molecular weight excluding hydrogens is 237 g/mol. The Labute approximate surface area is 97.6 Å². The monoisotopic (exact) mass is 252 g/mol. The molecule has 0 radical (unpaired) electrons. The predicted molar refractivity (Wildman–Crippen MR) is 54.3 cm³/mol. The molecule has 0 saturated carbocycles. The van der Waals surface area contributed by atoms with E-state index in [9.17, 15) is 18.0 Å². The van der Waals surface area contributed by atoms with Crippen molar-refractivity contribution in [1.29, 1.82) is 0 Å². The summed E-state index contributed by atoms with van der Waals surface area (Å²) in [5.74, 6) is -1.50. The quantitative estimate of drug-likeness (QED) is 0.571. The normalized spacial score (nSPS) is 25.4. The molecule has 98 valence electrons. The Balaban J connectivity index is 2.55. The van der Waals surface area contributed by atoms with Crippen molar-refractivity contribution in [3.05, 3.63) is 12.2 Å². The van der Waals surface area contributed by atoms with Crippen molar-refractivity contribution < 1.29 is 27.4 Å². The van der Waals surface area contributed by atoms with Crippen LogP contribution in [-0.4, -0.2) is 31.5 Å². The summed E-state index contributed by atoms with van der Waals surface area (Å²) in [6.07, 6.45) is -5.37. The Morgan fingerprint density at radius 1 is 1.53 bits per heavy atom. The first kappa shape index (κ1) is 14.0. The third-order valence-electron chi connectivity index (χ3n) is 2.54. The minimum Gasteiger partial charge on any atom is -0.462 e. The third-order valence-corrected chi connectivity index (χ3v) is 2.54. The molecule has 3 nitrogen and oxygen atoms in total. The maximum absolute atomic E-state index is 12.6. The second-order valence-corrected chi connectivity index (χ2v) is 4.11. The first-order chi connectivity index (χ1) is 7.82. The van der Waals surface area contributed by atoms with Crippen molar-refractivity contribution in [2.75, 3.05) is 13.2 Å². The van der Waals surface area contributed by atoms with Crippen LogP contribution in [0.2, 0.25) is 0 Å². The first-order valence-corrected chi connectivity index (χ1v) is 5.33. The van der Waals surface area contributed by atoms with Gasteiger partial charge in [0.25, 0.3) is 0 Å². The lowest BCUT2D eigenvalue weighted by atomic mass is 9.95. The van der Waals surface area contributed by atoms with E-state index in [1.807, 2.05) is 0 Å². The maximum atomic E-state index is 12.6. The zero-order valence-electron chi connectivity index (χ0n) is 9.55. The molecule has 0 spiro atoms. The van der Waals surface area contributed by atoms with Gasteiger partial charge in [0.05, 0.1) is 6.61 Å². The standard InChI is InChI=1S/C11H15F3O3/c1-7(2)10(15)17-6-8-4-3-5-16-9(8)11(12,13)14/h8-9H,1,3-6H2,2H3. The largest absolute Gasteiger partial charge is 0.462 e. The number of hydrogen-bond donors (Lipinski definition) is 0. The topological polar surface area (TPSA) is 35.5 Å². The highest BCUT2D eigenvalue weighted by Crippen LogP contribution is 2.34. The molecule has 0 aromatic rings. The molecule has 1 aliphatic heterocycles. The number of halogens is 3. The molecule has 2 unspecified atom stereocenters. The second-order valence-electron chi connectivity index (χ2n) is 4.11. The summed E-state index contributed by atoms with van der Waals surface area (Å²) in [6.45, 7) is 4.61. The molecule has 6 heteroatoms. The van der Waals surface area contributed by atoms with E-state index < -0.39 is 24.2 Å². The molecule has 0 bridgehead atoms. The molecule has 1 fully saturated rings. The zero-order valence-corrected chi connectivity index (χ0v) is 9.55. The van der Waals surface area contributed by atoms with Crippen LogP contribution in [0, 0.1) is 5.92 Å². The number of carbonyl (C=O) groups excluding carboxylic acids is 1. The van der Waals surface area contributed by atoms with Gasteiger partial charge in [0.2, 0.25) is 0 Å². The van der Waals surface area contributed by atoms with Gasteiger partial charge in [-0.25, -0.2) is 4.79 Å². The predicted octanol–water partition coefficient (Wildman–Crippen LogP) is 2.46. The lowest BCUT2D eigenvalue weighted by Crippen LogP contribution is -2.43. The lowest BCUT2D eigenvalue weighted by molar-refractivity contribution is -0.250. The number of alkyl halides is 3. The van der Waals surface area contributed by atoms with Gasteiger partial charge in [-0.2, -0.15) is 13.2 Å². The summed E-state index contributed by atoms with van der Waals surface area (Å²) in [6, 6.07) is 0. The molecule has 0 aromatic carbocycles. The SMILES string of the molecule is C=C(C)C(=O)OCC1CCCOC1C(F)(F)F. The van der Waals surface area contributed by atoms with Crippen LogP contribution in [0.3, 0.4) is 0 Å². The number of carbonyl (C=O) groups is 1. The molecule has 0 aromatic heterocycles. The van der Waals surface area contributed by atoms with E-state index in [0.717, 1.165) is 0 Å². The summed E-state index contributed by atoms with van der Waals surface area (Å²) in [7, 11) is 0. The van der Waals surface area contributed by atoms with Gasteiger partial charge in [-0.05, 0) is 19.8 Å². The number of esters is 1. The molecule has 17 heavy (non-hydrogen) atoms. The van der Waals surface area contributed by atoms with Crippen molar-refractivity contribution in [3.63, 3.8) is 0 Å². The van der Waals surface area contributed by atoms with E-state index in [2.05, 4.69) is 6.58 Å². The minimum atomic E-state index is -4.42. The molecule has 0 N–H and O–H groups in total. The van der Waals surface area contributed by atoms with E-state index in [4.69, 9.17) is 9.47 Å². The van der Waals surface area contributed by atoms with Crippen molar-refractivity contribution in [2.45, 2.75) is 32.0 Å². The van der Waals surface area contributed by atoms with Crippen LogP contribution < -0.4 is 0 Å². The van der Waals surface area contributed by atoms with E-state index in [0.29, 0.717) is 12.8 Å². The van der Waals surface area contributed by atoms with Gasteiger partial charge in [0, 0.05) is 18.1 Å². The minimum absolute atomic E-state index is 0.0924. The van der Waals surface area contributed by atoms with Gasteiger partial charge in [-0.1, -0.05) is 6.58 Å². The molecule has 1 heterocycles. The molecule has 0 aliphatic carbocycles. The Kier molecular flexibility index (Phi) is 4.56. The van der Waals surface area contributed by atoms with E-state index in [1.165, 1.54) is 6.92 Å². The van der Waals surface area contributed by atoms with Crippen LogP contribution in [0.4, 0.5) is 13.2 Å². The average Bonchev–Trinajstić information content (AvgIpc) is 2.24. The second kappa shape index (κ2) is 5.53. The fraction of sp³-hybridized carbons (Fsp3) is 0.727. The summed E-state index contributed by atoms with van der Waals surface area (Å²) < 4.78 is 47.2. The summed E-state index contributed by atoms with van der Waals surface area (Å²) in [5.41, 5.74) is 0.172. The van der Waals surface area contributed by atoms with E-state index >= 15 is 0 Å². The van der Waals surface area contributed by atoms with Crippen LogP contribution in [0.5, 0.6) is 0 Å². The highest BCUT2D eigenvalue weighted by molar-refractivity contribution is 5.86. The lowest BCUT2D eigenvalue weighted by Gasteiger charge is -2.32. The third kappa shape index (κ3) is 4.03. The van der Waals surface area contributed by atoms with Crippen molar-refractivity contribution >= 4 is 5.97 Å². The molecular formula is C11H15F3O3. The molecule has 2 atom stereocenters. The van der Waals surface area contributed by atoms with Crippen LogP contribution >= 0.6 is 0 Å². The molecule has 1 rings (SSSR count). The summed E-state index contributed by atoms with van der Waals surface area (Å²) in [5, 5.41) is 0. The first-order valence-electron chi connectivity index (χ1n) is 5.33. The fourth-order valence-corrected chi connectivity index (χ4v) is 1.68. The van der Waals surface area contributed by atoms with Gasteiger partial charge < -0.3 is 9.47 Å². The van der Waals surface area contributed by atoms with Gasteiger partial charge in [-0.3, -0.25) is 0 Å². The Morgan fingerprint density at radius 3 is 2.71 bits per heavy atom. The van der Waals surface area contributed by atoms with Gasteiger partial charge in [-0.15, -0.1) is 0 Å². The van der Waals surface area contributed by atoms with Crippen LogP contribution in [0.25, 0.3) is 0 Å².